The normalized spacial score (nSPS) is 11.2. The minimum atomic E-state index is -1.43. The molecular weight excluding hydrogens is 840 g/mol. The molecule has 0 saturated heterocycles. The van der Waals surface area contributed by atoms with E-state index in [0.29, 0.717) is 5.39 Å². The first-order chi connectivity index (χ1) is 24.3. The average Bonchev–Trinajstić information content (AvgIpc) is 3.54. The first-order valence-corrected chi connectivity index (χ1v) is 21.1. The third-order valence-electron chi connectivity index (χ3n) is 8.87. The molecule has 5 aromatic carbocycles. The Morgan fingerprint density at radius 2 is 1.43 bits per heavy atom. The molecule has 2 nitrogen and oxygen atoms in total. The smallest absolute Gasteiger partial charge is 0.0799 e. The van der Waals surface area contributed by atoms with Crippen LogP contribution in [0, 0.1) is 24.9 Å². The van der Waals surface area contributed by atoms with Crippen LogP contribution in [-0.4, -0.2) is 18.0 Å². The Balaban J connectivity index is 0.000000175. The fourth-order valence-electron chi connectivity index (χ4n) is 6.35. The van der Waals surface area contributed by atoms with Crippen LogP contribution in [0.4, 0.5) is 4.39 Å². The van der Waals surface area contributed by atoms with Crippen molar-refractivity contribution in [2.45, 2.75) is 33.0 Å². The first-order valence-electron chi connectivity index (χ1n) is 16.8. The van der Waals surface area contributed by atoms with Crippen LogP contribution in [0.5, 0.6) is 0 Å². The molecule has 0 bridgehead atoms. The molecule has 0 aliphatic carbocycles. The third-order valence-corrected chi connectivity index (χ3v) is 12.1. The van der Waals surface area contributed by atoms with Gasteiger partial charge < -0.3 is 9.97 Å². The molecule has 0 saturated carbocycles. The molecular formula is C45H37FIrN2SSi-2. The molecule has 0 aliphatic heterocycles. The molecule has 0 amide bonds. The van der Waals surface area contributed by atoms with Gasteiger partial charge in [-0.15, -0.1) is 53.6 Å². The molecule has 0 atom stereocenters. The van der Waals surface area contributed by atoms with Gasteiger partial charge in [0.2, 0.25) is 0 Å². The zero-order valence-electron chi connectivity index (χ0n) is 29.0. The third kappa shape index (κ3) is 8.00. The van der Waals surface area contributed by atoms with Crippen molar-refractivity contribution in [1.29, 1.82) is 0 Å². The maximum atomic E-state index is 14.6. The standard InChI is InChI=1S/C24H15FNS.C21H22NSi.Ir/c1-15-14-26-21(13-19(15)16-7-3-2-4-8-16)17-11-12-20(25)23-18-9-5-6-10-22(18)27-24(17)23;1-23(2,3)21-16-22-20(18-12-8-5-9-13-18)15-19(21)14-17-10-6-4-7-11-17;/h2-10,12-14H,1H3;4-12,15-16H,14H2,1-3H3;/q2*-1;. The number of thiophene rings is 1. The summed E-state index contributed by atoms with van der Waals surface area (Å²) in [5, 5.41) is 3.05. The second kappa shape index (κ2) is 15.8. The topological polar surface area (TPSA) is 25.8 Å². The minimum Gasteiger partial charge on any atom is -0.305 e. The maximum Gasteiger partial charge on any atom is 0.0799 e. The van der Waals surface area contributed by atoms with E-state index < -0.39 is 8.07 Å². The summed E-state index contributed by atoms with van der Waals surface area (Å²) in [4.78, 5) is 9.36. The first kappa shape index (κ1) is 36.2. The van der Waals surface area contributed by atoms with Gasteiger partial charge in [0, 0.05) is 43.0 Å². The van der Waals surface area contributed by atoms with Crippen molar-refractivity contribution in [3.8, 4) is 33.6 Å². The second-order valence-electron chi connectivity index (χ2n) is 13.5. The van der Waals surface area contributed by atoms with Gasteiger partial charge in [-0.05, 0) is 73.7 Å². The van der Waals surface area contributed by atoms with E-state index in [1.807, 2.05) is 66.9 Å². The van der Waals surface area contributed by atoms with Crippen LogP contribution in [0.25, 0.3) is 53.8 Å². The molecule has 0 fully saturated rings. The minimum absolute atomic E-state index is 0. The van der Waals surface area contributed by atoms with E-state index >= 15 is 0 Å². The van der Waals surface area contributed by atoms with Gasteiger partial charge in [0.25, 0.3) is 0 Å². The Hall–Kier alpha value is -4.58. The van der Waals surface area contributed by atoms with E-state index in [-0.39, 0.29) is 25.9 Å². The van der Waals surface area contributed by atoms with E-state index in [1.54, 1.807) is 11.3 Å². The molecule has 0 spiro atoms. The summed E-state index contributed by atoms with van der Waals surface area (Å²) in [5.41, 5.74) is 9.88. The van der Waals surface area contributed by atoms with Gasteiger partial charge in [-0.3, -0.25) is 4.39 Å². The molecule has 8 aromatic rings. The Bertz CT molecular complexity index is 2410. The molecule has 8 rings (SSSR count). The maximum absolute atomic E-state index is 14.6. The molecule has 51 heavy (non-hydrogen) atoms. The van der Waals surface area contributed by atoms with Crippen molar-refractivity contribution in [1.82, 2.24) is 9.97 Å². The average molecular weight is 877 g/mol. The Kier molecular flexibility index (Phi) is 11.2. The number of aryl methyl sites for hydroxylation is 1. The fraction of sp³-hybridized carbons (Fsp3) is 0.111. The Morgan fingerprint density at radius 1 is 0.745 bits per heavy atom. The molecule has 1 radical (unpaired) electrons. The molecule has 0 aliphatic rings. The van der Waals surface area contributed by atoms with Gasteiger partial charge in [0.15, 0.2) is 0 Å². The summed E-state index contributed by atoms with van der Waals surface area (Å²) >= 11 is 1.59. The van der Waals surface area contributed by atoms with Crippen molar-refractivity contribution < 1.29 is 24.5 Å². The van der Waals surface area contributed by atoms with Crippen LogP contribution < -0.4 is 5.19 Å². The van der Waals surface area contributed by atoms with Crippen molar-refractivity contribution in [2.75, 3.05) is 0 Å². The van der Waals surface area contributed by atoms with Crippen molar-refractivity contribution in [2.24, 2.45) is 0 Å². The number of hydrogen-bond donors (Lipinski definition) is 0. The predicted molar refractivity (Wildman–Crippen MR) is 212 cm³/mol. The summed E-state index contributed by atoms with van der Waals surface area (Å²) in [5.74, 6) is -0.235. The fourth-order valence-corrected chi connectivity index (χ4v) is 9.14. The molecule has 0 unspecified atom stereocenters. The number of aromatic nitrogens is 2. The summed E-state index contributed by atoms with van der Waals surface area (Å²) in [6.07, 6.45) is 4.94. The molecule has 0 N–H and O–H groups in total. The van der Waals surface area contributed by atoms with Crippen LogP contribution >= 0.6 is 11.3 Å². The molecule has 3 aromatic heterocycles. The second-order valence-corrected chi connectivity index (χ2v) is 19.6. The number of benzene rings is 5. The van der Waals surface area contributed by atoms with E-state index in [1.165, 1.54) is 22.4 Å². The van der Waals surface area contributed by atoms with E-state index in [0.717, 1.165) is 60.4 Å². The van der Waals surface area contributed by atoms with E-state index in [2.05, 4.69) is 111 Å². The van der Waals surface area contributed by atoms with Crippen LogP contribution in [0.2, 0.25) is 19.6 Å². The van der Waals surface area contributed by atoms with Gasteiger partial charge >= 0.3 is 0 Å². The van der Waals surface area contributed by atoms with Crippen molar-refractivity contribution >= 4 is 44.8 Å². The number of hydrogen-bond acceptors (Lipinski definition) is 3. The van der Waals surface area contributed by atoms with E-state index in [4.69, 9.17) is 4.98 Å². The zero-order valence-corrected chi connectivity index (χ0v) is 33.2. The molecule has 3 heterocycles. The number of fused-ring (bicyclic) bond motifs is 3. The van der Waals surface area contributed by atoms with Gasteiger partial charge in [-0.1, -0.05) is 116 Å². The largest absolute Gasteiger partial charge is 0.305 e. The van der Waals surface area contributed by atoms with E-state index in [9.17, 15) is 4.39 Å². The molecule has 255 valence electrons. The Morgan fingerprint density at radius 3 is 2.16 bits per heavy atom. The monoisotopic (exact) mass is 877 g/mol. The summed E-state index contributed by atoms with van der Waals surface area (Å²) in [6, 6.07) is 49.1. The quantitative estimate of drug-likeness (QED) is 0.123. The number of rotatable bonds is 6. The zero-order chi connectivity index (χ0) is 34.7. The number of nitrogens with zero attached hydrogens (tertiary/aromatic N) is 2. The number of halogens is 1. The molecule has 6 heteroatoms. The van der Waals surface area contributed by atoms with Gasteiger partial charge in [-0.25, -0.2) is 0 Å². The predicted octanol–water partition coefficient (Wildman–Crippen LogP) is 11.7. The summed E-state index contributed by atoms with van der Waals surface area (Å²) < 4.78 is 16.6. The van der Waals surface area contributed by atoms with Gasteiger partial charge in [0.1, 0.15) is 0 Å². The Labute approximate surface area is 318 Å². The van der Waals surface area contributed by atoms with Crippen molar-refractivity contribution in [3.63, 3.8) is 0 Å². The van der Waals surface area contributed by atoms with Crippen LogP contribution in [-0.2, 0) is 26.5 Å². The van der Waals surface area contributed by atoms with Crippen LogP contribution in [0.3, 0.4) is 0 Å². The van der Waals surface area contributed by atoms with Crippen molar-refractivity contribution in [3.05, 3.63) is 174 Å². The SMILES string of the molecule is C[Si](C)(C)c1cnc(-c2[c-]cccc2)cc1Cc1ccccc1.Cc1cnc(-c2[c-]cc(F)c3c2sc2ccccc23)cc1-c1ccccc1.[Ir]. The summed E-state index contributed by atoms with van der Waals surface area (Å²) in [7, 11) is -1.43. The van der Waals surface area contributed by atoms with Crippen LogP contribution in [0.1, 0.15) is 16.7 Å². The van der Waals surface area contributed by atoms with Gasteiger partial charge in [-0.2, -0.15) is 11.3 Å². The van der Waals surface area contributed by atoms with Crippen LogP contribution in [0.15, 0.2) is 140 Å². The van der Waals surface area contributed by atoms with Gasteiger partial charge in [0.05, 0.1) is 8.07 Å². The number of pyridine rings is 2. The summed E-state index contributed by atoms with van der Waals surface area (Å²) in [6.45, 7) is 9.20.